The number of hydrogen-bond acceptors (Lipinski definition) is 3. The van der Waals surface area contributed by atoms with Crippen LogP contribution in [0.5, 0.6) is 0 Å². The molecule has 0 radical (unpaired) electrons. The van der Waals surface area contributed by atoms with E-state index in [-0.39, 0.29) is 22.6 Å². The van der Waals surface area contributed by atoms with Crippen molar-refractivity contribution >= 4 is 25.6 Å². The fourth-order valence-electron chi connectivity index (χ4n) is 1.53. The summed E-state index contributed by atoms with van der Waals surface area (Å²) >= 11 is 0. The summed E-state index contributed by atoms with van der Waals surface area (Å²) in [5, 5.41) is 2.72. The maximum absolute atomic E-state index is 13.8. The molecule has 1 aromatic rings. The van der Waals surface area contributed by atoms with Gasteiger partial charge < -0.3 is 5.32 Å². The largest absolute Gasteiger partial charge is 0.349 e. The molecule has 1 rings (SSSR count). The SMILES string of the molecule is Cc1c(F)cc(C(=O)NC(C)C(C)(C)C)cc1S(=O)(=O)Cl. The maximum atomic E-state index is 13.8. The lowest BCUT2D eigenvalue weighted by Gasteiger charge is -2.28. The van der Waals surface area contributed by atoms with Crippen LogP contribution in [0.25, 0.3) is 0 Å². The van der Waals surface area contributed by atoms with Crippen LogP contribution in [-0.4, -0.2) is 20.4 Å². The highest BCUT2D eigenvalue weighted by Gasteiger charge is 2.24. The third-order valence-electron chi connectivity index (χ3n) is 3.47. The second-order valence-electron chi connectivity index (χ2n) is 6.08. The lowest BCUT2D eigenvalue weighted by atomic mass is 9.88. The molecule has 4 nitrogen and oxygen atoms in total. The molecule has 0 saturated heterocycles. The molecule has 0 aromatic heterocycles. The Morgan fingerprint density at radius 1 is 1.33 bits per heavy atom. The number of rotatable bonds is 3. The van der Waals surface area contributed by atoms with E-state index in [9.17, 15) is 17.6 Å². The molecule has 118 valence electrons. The van der Waals surface area contributed by atoms with Crippen LogP contribution in [0.3, 0.4) is 0 Å². The Bertz CT molecular complexity index is 666. The molecule has 1 amide bonds. The number of amides is 1. The quantitative estimate of drug-likeness (QED) is 0.862. The first-order chi connectivity index (χ1) is 9.34. The summed E-state index contributed by atoms with van der Waals surface area (Å²) in [6, 6.07) is 1.92. The zero-order valence-electron chi connectivity index (χ0n) is 12.6. The second-order valence-corrected chi connectivity index (χ2v) is 8.61. The van der Waals surface area contributed by atoms with Crippen LogP contribution < -0.4 is 5.32 Å². The number of benzene rings is 1. The number of carbonyl (C=O) groups is 1. The Hall–Kier alpha value is -1.14. The van der Waals surface area contributed by atoms with Gasteiger partial charge in [-0.25, -0.2) is 12.8 Å². The molecule has 0 aliphatic heterocycles. The summed E-state index contributed by atoms with van der Waals surface area (Å²) in [5.74, 6) is -1.33. The zero-order chi connectivity index (χ0) is 16.6. The predicted octanol–water partition coefficient (Wildman–Crippen LogP) is 3.23. The van der Waals surface area contributed by atoms with Crippen LogP contribution in [0.1, 0.15) is 43.6 Å². The fraction of sp³-hybridized carbons (Fsp3) is 0.500. The first-order valence-corrected chi connectivity index (χ1v) is 8.70. The van der Waals surface area contributed by atoms with Crippen LogP contribution in [0.2, 0.25) is 0 Å². The Morgan fingerprint density at radius 3 is 2.29 bits per heavy atom. The van der Waals surface area contributed by atoms with Gasteiger partial charge in [0.05, 0.1) is 4.90 Å². The summed E-state index contributed by atoms with van der Waals surface area (Å²) in [5.41, 5.74) is -0.362. The van der Waals surface area contributed by atoms with Gasteiger partial charge in [-0.05, 0) is 31.4 Å². The van der Waals surface area contributed by atoms with Gasteiger partial charge >= 0.3 is 0 Å². The van der Waals surface area contributed by atoms with Gasteiger partial charge in [-0.2, -0.15) is 0 Å². The van der Waals surface area contributed by atoms with Crippen molar-refractivity contribution in [3.8, 4) is 0 Å². The second kappa shape index (κ2) is 5.93. The Kier molecular flexibility index (Phi) is 5.05. The van der Waals surface area contributed by atoms with Crippen molar-refractivity contribution in [2.45, 2.75) is 45.6 Å². The number of halogens is 2. The molecule has 0 saturated carbocycles. The number of carbonyl (C=O) groups excluding carboxylic acids is 1. The van der Waals surface area contributed by atoms with Crippen molar-refractivity contribution in [2.24, 2.45) is 5.41 Å². The van der Waals surface area contributed by atoms with Crippen LogP contribution in [0.4, 0.5) is 4.39 Å². The van der Waals surface area contributed by atoms with Gasteiger partial charge in [0.1, 0.15) is 5.82 Å². The van der Waals surface area contributed by atoms with E-state index in [1.54, 1.807) is 0 Å². The number of hydrogen-bond donors (Lipinski definition) is 1. The molecule has 21 heavy (non-hydrogen) atoms. The van der Waals surface area contributed by atoms with Gasteiger partial charge in [0, 0.05) is 27.9 Å². The highest BCUT2D eigenvalue weighted by atomic mass is 35.7. The molecular formula is C14H19ClFNO3S. The van der Waals surface area contributed by atoms with Crippen LogP contribution in [-0.2, 0) is 9.05 Å². The van der Waals surface area contributed by atoms with Crippen molar-refractivity contribution in [1.82, 2.24) is 5.32 Å². The van der Waals surface area contributed by atoms with E-state index in [0.717, 1.165) is 12.1 Å². The smallest absolute Gasteiger partial charge is 0.261 e. The average Bonchev–Trinajstić information content (AvgIpc) is 2.29. The van der Waals surface area contributed by atoms with Crippen molar-refractivity contribution in [3.05, 3.63) is 29.1 Å². The lowest BCUT2D eigenvalue weighted by molar-refractivity contribution is 0.0909. The zero-order valence-corrected chi connectivity index (χ0v) is 14.2. The minimum Gasteiger partial charge on any atom is -0.349 e. The van der Waals surface area contributed by atoms with Crippen molar-refractivity contribution in [1.29, 1.82) is 0 Å². The summed E-state index contributed by atoms with van der Waals surface area (Å²) in [4.78, 5) is 11.7. The maximum Gasteiger partial charge on any atom is 0.261 e. The van der Waals surface area contributed by atoms with Gasteiger partial charge in [0.25, 0.3) is 15.0 Å². The first-order valence-electron chi connectivity index (χ1n) is 6.39. The summed E-state index contributed by atoms with van der Waals surface area (Å²) in [6.07, 6.45) is 0. The Labute approximate surface area is 129 Å². The molecule has 0 bridgehead atoms. The highest BCUT2D eigenvalue weighted by Crippen LogP contribution is 2.24. The van der Waals surface area contributed by atoms with E-state index >= 15 is 0 Å². The first kappa shape index (κ1) is 17.9. The normalized spacial score (nSPS) is 13.9. The molecule has 1 aromatic carbocycles. The molecule has 0 aliphatic carbocycles. The topological polar surface area (TPSA) is 63.2 Å². The van der Waals surface area contributed by atoms with Gasteiger partial charge in [-0.1, -0.05) is 20.8 Å². The summed E-state index contributed by atoms with van der Waals surface area (Å²) < 4.78 is 36.7. The Morgan fingerprint density at radius 2 is 1.86 bits per heavy atom. The molecule has 0 heterocycles. The standard InChI is InChI=1S/C14H19ClFNO3S/c1-8-11(16)6-10(7-12(8)21(15,19)20)13(18)17-9(2)14(3,4)5/h6-7,9H,1-5H3,(H,17,18). The lowest BCUT2D eigenvalue weighted by Crippen LogP contribution is -2.41. The minimum absolute atomic E-state index is 0.0755. The molecule has 1 unspecified atom stereocenters. The van der Waals surface area contributed by atoms with Crippen LogP contribution >= 0.6 is 10.7 Å². The highest BCUT2D eigenvalue weighted by molar-refractivity contribution is 8.13. The van der Waals surface area contributed by atoms with Gasteiger partial charge in [0.15, 0.2) is 0 Å². The third-order valence-corrected chi connectivity index (χ3v) is 4.92. The van der Waals surface area contributed by atoms with Crippen LogP contribution in [0.15, 0.2) is 17.0 Å². The Balaban J connectivity index is 3.21. The van der Waals surface area contributed by atoms with E-state index in [0.29, 0.717) is 0 Å². The molecule has 0 spiro atoms. The number of nitrogens with one attached hydrogen (secondary N) is 1. The molecule has 1 N–H and O–H groups in total. The van der Waals surface area contributed by atoms with Crippen molar-refractivity contribution < 1.29 is 17.6 Å². The molecule has 7 heteroatoms. The van der Waals surface area contributed by atoms with E-state index in [1.807, 2.05) is 27.7 Å². The van der Waals surface area contributed by atoms with Gasteiger partial charge in [0.2, 0.25) is 0 Å². The summed E-state index contributed by atoms with van der Waals surface area (Å²) in [7, 11) is 1.15. The van der Waals surface area contributed by atoms with E-state index < -0.39 is 25.7 Å². The molecule has 0 aliphatic rings. The average molecular weight is 336 g/mol. The minimum atomic E-state index is -4.12. The molecule has 0 fully saturated rings. The summed E-state index contributed by atoms with van der Waals surface area (Å²) in [6.45, 7) is 8.96. The van der Waals surface area contributed by atoms with Crippen molar-refractivity contribution in [2.75, 3.05) is 0 Å². The van der Waals surface area contributed by atoms with Crippen LogP contribution in [0, 0.1) is 18.2 Å². The van der Waals surface area contributed by atoms with Gasteiger partial charge in [-0.15, -0.1) is 0 Å². The van der Waals surface area contributed by atoms with E-state index in [4.69, 9.17) is 10.7 Å². The molecule has 1 atom stereocenters. The monoisotopic (exact) mass is 335 g/mol. The van der Waals surface area contributed by atoms with Gasteiger partial charge in [-0.3, -0.25) is 4.79 Å². The van der Waals surface area contributed by atoms with E-state index in [2.05, 4.69) is 5.32 Å². The molecular weight excluding hydrogens is 317 g/mol. The third kappa shape index (κ3) is 4.41. The van der Waals surface area contributed by atoms with E-state index in [1.165, 1.54) is 6.92 Å². The van der Waals surface area contributed by atoms with Crippen molar-refractivity contribution in [3.63, 3.8) is 0 Å². The fourth-order valence-corrected chi connectivity index (χ4v) is 2.75. The predicted molar refractivity (Wildman–Crippen MR) is 80.6 cm³/mol.